The lowest BCUT2D eigenvalue weighted by atomic mass is 9.65. The molecule has 0 aliphatic rings. The second kappa shape index (κ2) is 36.1. The maximum Gasteiger partial charge on any atom is 0.136 e. The lowest BCUT2D eigenvalue weighted by molar-refractivity contribution is 0.668. The van der Waals surface area contributed by atoms with Crippen LogP contribution in [0, 0.1) is 0 Å². The van der Waals surface area contributed by atoms with Crippen molar-refractivity contribution in [3.8, 4) is 44.5 Å². The fraction of sp³-hybridized carbons (Fsp3) is 0.0323. The maximum absolute atomic E-state index is 6.26. The molecule has 1 N–H and O–H groups in total. The van der Waals surface area contributed by atoms with Gasteiger partial charge in [-0.05, 0) is 222 Å². The van der Waals surface area contributed by atoms with Crippen molar-refractivity contribution in [2.75, 3.05) is 10.2 Å². The van der Waals surface area contributed by atoms with E-state index < -0.39 is 10.8 Å². The van der Waals surface area contributed by atoms with Crippen LogP contribution in [0.5, 0.6) is 0 Å². The average molecular weight is 1710 g/mol. The summed E-state index contributed by atoms with van der Waals surface area (Å²) in [5.41, 5.74) is 30.5. The smallest absolute Gasteiger partial charge is 0.136 e. The second-order valence-electron chi connectivity index (χ2n) is 32.7. The first-order valence-electron chi connectivity index (χ1n) is 43.6. The lowest BCUT2D eigenvalue weighted by Gasteiger charge is -2.37. The SMILES string of the molecule is C.C.Clc1ccc(-c2ccc(C(c3ccccc3)(c3ccccc3)c3ccccc3)cc2)cc1.c1ccc(C(c2ccccc2)(c2ccccc2)c2ccc(-c3ccc(N(c4ccc(-c5ccc6c(c5)oc5ccccc56)cc4)c4ccc5oc6ccccc6c5c4)cc3)cc2)cc1.c1ccc2c(c1)oc1cc(-c3ccc(Nc4ccc5oc6ccccc6c5c4)cc3)ccc12. The van der Waals surface area contributed by atoms with E-state index in [4.69, 9.17) is 29.3 Å². The van der Waals surface area contributed by atoms with Crippen LogP contribution >= 0.6 is 11.6 Å². The molecule has 0 fully saturated rings. The monoisotopic (exact) mass is 1710 g/mol. The van der Waals surface area contributed by atoms with Gasteiger partial charge in [-0.2, -0.15) is 0 Å². The summed E-state index contributed by atoms with van der Waals surface area (Å²) in [5, 5.41) is 13.3. The fourth-order valence-electron chi connectivity index (χ4n) is 19.0. The molecule has 0 radical (unpaired) electrons. The van der Waals surface area contributed by atoms with Crippen molar-refractivity contribution in [2.24, 2.45) is 0 Å². The van der Waals surface area contributed by atoms with E-state index in [-0.39, 0.29) is 14.9 Å². The Morgan fingerprint density at radius 3 is 0.771 bits per heavy atom. The van der Waals surface area contributed by atoms with Crippen LogP contribution in [0.3, 0.4) is 0 Å². The number of hydrogen-bond donors (Lipinski definition) is 1. The minimum Gasteiger partial charge on any atom is -0.456 e. The molecule has 0 amide bonds. The fourth-order valence-corrected chi connectivity index (χ4v) is 19.2. The number of anilines is 5. The molecule has 0 bridgehead atoms. The molecule has 6 nitrogen and oxygen atoms in total. The third-order valence-corrected chi connectivity index (χ3v) is 25.5. The van der Waals surface area contributed by atoms with Gasteiger partial charge in [0.15, 0.2) is 0 Å². The van der Waals surface area contributed by atoms with Crippen molar-refractivity contribution >= 4 is 128 Å². The molecule has 628 valence electrons. The first-order chi connectivity index (χ1) is 63.8. The summed E-state index contributed by atoms with van der Waals surface area (Å²) in [6, 6.07) is 176. The number of benzene rings is 20. The number of rotatable bonds is 17. The Morgan fingerprint density at radius 2 is 0.412 bits per heavy atom. The van der Waals surface area contributed by atoms with Crippen LogP contribution in [0.2, 0.25) is 5.02 Å². The number of hydrogen-bond acceptors (Lipinski definition) is 6. The van der Waals surface area contributed by atoms with Crippen molar-refractivity contribution in [2.45, 2.75) is 25.7 Å². The Labute approximate surface area is 767 Å². The molecule has 0 saturated carbocycles. The summed E-state index contributed by atoms with van der Waals surface area (Å²) in [7, 11) is 0. The maximum atomic E-state index is 6.26. The lowest BCUT2D eigenvalue weighted by Crippen LogP contribution is -2.30. The standard InChI is InChI=1S/C61H41NO2.C31H23Cl.C30H19NO2.2CH4/c1-4-14-46(15-5-1)61(47-16-6-2-7-17-47,48-18-8-3-9-19-48)49-31-24-42(25-32-49)43-26-33-50(34-27-43)62(52-37-39-59-56(41-52)54-21-11-13-23-58(54)63-59)51-35-28-44(29-36-51)45-30-38-55-53-20-10-12-22-57(53)64-60(55)40-45;32-30-22-18-25(19-23-30)24-16-20-29(21-17-24)31(26-10-4-1-5-11-26,27-12-6-2-7-13-27)28-14-8-3-9-15-28;1-3-7-27-23(5-1)25-15-11-20(17-30(25)33-27)19-9-12-21(13-10-19)31-22-14-16-29-26(18-22)24-6-2-4-8-28(24)32-29;;/h1-41H;1-23H;1-18,31H;2*1H4. The van der Waals surface area contributed by atoms with Gasteiger partial charge < -0.3 is 27.9 Å². The van der Waals surface area contributed by atoms with E-state index in [1.165, 1.54) is 50.1 Å². The molecule has 7 heteroatoms. The Morgan fingerprint density at radius 1 is 0.176 bits per heavy atom. The number of fused-ring (bicyclic) bond motifs is 12. The van der Waals surface area contributed by atoms with Gasteiger partial charge in [0.1, 0.15) is 44.7 Å². The summed E-state index contributed by atoms with van der Waals surface area (Å²) in [6.07, 6.45) is 0. The average Bonchev–Trinajstić information content (AvgIpc) is 0.803. The third-order valence-electron chi connectivity index (χ3n) is 25.2. The number of furan rings is 4. The molecule has 4 aromatic heterocycles. The highest BCUT2D eigenvalue weighted by Gasteiger charge is 2.40. The van der Waals surface area contributed by atoms with Crippen molar-refractivity contribution in [1.29, 1.82) is 0 Å². The molecular formula is C124H91ClN2O4. The van der Waals surface area contributed by atoms with Gasteiger partial charge in [0, 0.05) is 76.5 Å². The Balaban J connectivity index is 0.000000134. The van der Waals surface area contributed by atoms with Gasteiger partial charge >= 0.3 is 0 Å². The first-order valence-corrected chi connectivity index (χ1v) is 44.0. The number of nitrogens with one attached hydrogen (secondary N) is 1. The molecule has 131 heavy (non-hydrogen) atoms. The third kappa shape index (κ3) is 15.7. The Hall–Kier alpha value is -16.5. The zero-order valence-electron chi connectivity index (χ0n) is 70.3. The summed E-state index contributed by atoms with van der Waals surface area (Å²) >= 11 is 6.09. The van der Waals surface area contributed by atoms with Crippen LogP contribution in [0.15, 0.2) is 515 Å². The second-order valence-corrected chi connectivity index (χ2v) is 33.1. The molecule has 24 rings (SSSR count). The molecule has 24 aromatic rings. The largest absolute Gasteiger partial charge is 0.456 e. The highest BCUT2D eigenvalue weighted by molar-refractivity contribution is 6.30. The molecule has 0 aliphatic heterocycles. The van der Waals surface area contributed by atoms with Crippen LogP contribution in [-0.2, 0) is 10.8 Å². The van der Waals surface area contributed by atoms with Gasteiger partial charge in [0.2, 0.25) is 0 Å². The van der Waals surface area contributed by atoms with E-state index in [1.807, 2.05) is 84.9 Å². The predicted molar refractivity (Wildman–Crippen MR) is 550 cm³/mol. The van der Waals surface area contributed by atoms with Crippen molar-refractivity contribution in [1.82, 2.24) is 0 Å². The Bertz CT molecular complexity index is 7890. The van der Waals surface area contributed by atoms with E-state index in [2.05, 4.69) is 423 Å². The van der Waals surface area contributed by atoms with E-state index in [0.29, 0.717) is 0 Å². The van der Waals surface area contributed by atoms with E-state index >= 15 is 0 Å². The highest BCUT2D eigenvalue weighted by Crippen LogP contribution is 2.49. The quantitative estimate of drug-likeness (QED) is 0.0917. The molecule has 4 heterocycles. The number of nitrogens with zero attached hydrogens (tertiary/aromatic N) is 1. The summed E-state index contributed by atoms with van der Waals surface area (Å²) < 4.78 is 24.5. The van der Waals surface area contributed by atoms with Crippen molar-refractivity contribution in [3.63, 3.8) is 0 Å². The molecule has 0 spiro atoms. The molecule has 20 aromatic carbocycles. The molecular weight excluding hydrogens is 1620 g/mol. The van der Waals surface area contributed by atoms with Crippen LogP contribution < -0.4 is 10.2 Å². The molecule has 0 atom stereocenters. The van der Waals surface area contributed by atoms with E-state index in [1.54, 1.807) is 0 Å². The van der Waals surface area contributed by atoms with E-state index in [0.717, 1.165) is 160 Å². The van der Waals surface area contributed by atoms with Gasteiger partial charge in [-0.3, -0.25) is 0 Å². The van der Waals surface area contributed by atoms with Crippen LogP contribution in [0.25, 0.3) is 132 Å². The van der Waals surface area contributed by atoms with E-state index in [9.17, 15) is 0 Å². The summed E-state index contributed by atoms with van der Waals surface area (Å²) in [4.78, 5) is 2.33. The van der Waals surface area contributed by atoms with Gasteiger partial charge in [0.25, 0.3) is 0 Å². The predicted octanol–water partition coefficient (Wildman–Crippen LogP) is 35.2. The highest BCUT2D eigenvalue weighted by atomic mass is 35.5. The normalized spacial score (nSPS) is 11.4. The zero-order chi connectivity index (χ0) is 86.0. The summed E-state index contributed by atoms with van der Waals surface area (Å²) in [5.74, 6) is 0. The van der Waals surface area contributed by atoms with Crippen LogP contribution in [-0.4, -0.2) is 0 Å². The van der Waals surface area contributed by atoms with Gasteiger partial charge in [-0.25, -0.2) is 0 Å². The molecule has 0 aliphatic carbocycles. The summed E-state index contributed by atoms with van der Waals surface area (Å²) in [6.45, 7) is 0. The number of para-hydroxylation sites is 4. The Kier molecular flexibility index (Phi) is 22.8. The molecule has 0 saturated heterocycles. The first kappa shape index (κ1) is 82.8. The van der Waals surface area contributed by atoms with Crippen molar-refractivity contribution in [3.05, 3.63) is 547 Å². The topological polar surface area (TPSA) is 67.8 Å². The minimum atomic E-state index is -0.496. The molecule has 0 unspecified atom stereocenters. The minimum absolute atomic E-state index is 0. The van der Waals surface area contributed by atoms with Crippen LogP contribution in [0.1, 0.15) is 59.4 Å². The number of halogens is 1. The van der Waals surface area contributed by atoms with Gasteiger partial charge in [-0.15, -0.1) is 0 Å². The van der Waals surface area contributed by atoms with Gasteiger partial charge in [0.05, 0.1) is 10.8 Å². The van der Waals surface area contributed by atoms with Crippen LogP contribution in [0.4, 0.5) is 28.4 Å². The zero-order valence-corrected chi connectivity index (χ0v) is 71.1. The van der Waals surface area contributed by atoms with Gasteiger partial charge in [-0.1, -0.05) is 390 Å². The van der Waals surface area contributed by atoms with Crippen molar-refractivity contribution < 1.29 is 17.7 Å².